The van der Waals surface area contributed by atoms with Crippen LogP contribution in [0.2, 0.25) is 0 Å². The van der Waals surface area contributed by atoms with Gasteiger partial charge in [-0.15, -0.1) is 56.7 Å². The number of anilines is 5. The number of hydrogen-bond donors (Lipinski definition) is 0. The zero-order chi connectivity index (χ0) is 120. The summed E-state index contributed by atoms with van der Waals surface area (Å²) in [5, 5.41) is 10.2. The van der Waals surface area contributed by atoms with E-state index < -0.39 is 214 Å². The van der Waals surface area contributed by atoms with Crippen LogP contribution in [0.25, 0.3) is 0 Å². The molecule has 5 fully saturated rings. The molecule has 5 aliphatic rings. The number of ether oxygens (including phenoxy) is 5. The van der Waals surface area contributed by atoms with Gasteiger partial charge in [-0.25, -0.2) is 0 Å². The summed E-state index contributed by atoms with van der Waals surface area (Å²) < 4.78 is 291. The second kappa shape index (κ2) is 52.3. The van der Waals surface area contributed by atoms with E-state index in [0.717, 1.165) is 95.0 Å². The highest BCUT2D eigenvalue weighted by Crippen LogP contribution is 2.41. The van der Waals surface area contributed by atoms with Crippen molar-refractivity contribution in [2.45, 2.75) is 191 Å². The third-order valence-electron chi connectivity index (χ3n) is 24.2. The largest absolute Gasteiger partial charge is 0.358 e. The van der Waals surface area contributed by atoms with Crippen LogP contribution in [0.4, 0.5) is 28.4 Å². The fourth-order valence-electron chi connectivity index (χ4n) is 16.9. The molecule has 5 aliphatic heterocycles. The Morgan fingerprint density at radius 3 is 0.723 bits per heavy atom. The topological polar surface area (TPSA) is 164 Å². The van der Waals surface area contributed by atoms with Crippen LogP contribution in [0.15, 0.2) is 239 Å². The first-order valence-corrected chi connectivity index (χ1v) is 47.9. The molecule has 0 saturated carbocycles. The van der Waals surface area contributed by atoms with Crippen LogP contribution >= 0.6 is 56.7 Å². The van der Waals surface area contributed by atoms with Gasteiger partial charge >= 0.3 is 0 Å². The molecular weight excluding hydrogens is 1720 g/mol. The van der Waals surface area contributed by atoms with E-state index in [2.05, 4.69) is 60.2 Å². The Kier molecular flexibility index (Phi) is 26.2. The Morgan fingerprint density at radius 2 is 0.523 bits per heavy atom. The number of para-hydroxylation sites is 5. The van der Waals surface area contributed by atoms with Crippen molar-refractivity contribution in [3.05, 3.63) is 263 Å². The maximum absolute atomic E-state index is 13.5. The number of methoxy groups -OCH3 is 5. The summed E-state index contributed by atoms with van der Waals surface area (Å²) in [4.78, 5) is 89.3. The summed E-state index contributed by atoms with van der Waals surface area (Å²) in [5.41, 5.74) is -7.13. The summed E-state index contributed by atoms with van der Waals surface area (Å²) in [5.74, 6) is -4.36. The first-order chi connectivity index (χ1) is 76.2. The molecule has 5 aromatic carbocycles. The summed E-state index contributed by atoms with van der Waals surface area (Å²) in [6.07, 6.45) is -1.10. The molecule has 25 heteroatoms. The van der Waals surface area contributed by atoms with Gasteiger partial charge in [-0.2, -0.15) is 0 Å². The second-order valence-corrected chi connectivity index (χ2v) is 36.6. The number of amides is 5. The quantitative estimate of drug-likeness (QED) is 0.0344. The Balaban J connectivity index is 0.000000192. The Labute approximate surface area is 841 Å². The van der Waals surface area contributed by atoms with Crippen LogP contribution in [0.3, 0.4) is 0 Å². The van der Waals surface area contributed by atoms with E-state index in [1.54, 1.807) is 99.0 Å². The summed E-state index contributed by atoms with van der Waals surface area (Å²) in [6, 6.07) is 28.9. The van der Waals surface area contributed by atoms with Crippen molar-refractivity contribution in [2.24, 2.45) is 0 Å². The molecule has 20 nitrogen and oxygen atoms in total. The highest BCUT2D eigenvalue weighted by atomic mass is 32.1. The molecule has 15 rings (SSSR count). The van der Waals surface area contributed by atoms with Gasteiger partial charge in [0.15, 0.2) is 0 Å². The van der Waals surface area contributed by atoms with Gasteiger partial charge in [-0.05, 0) is 150 Å². The van der Waals surface area contributed by atoms with Gasteiger partial charge in [-0.3, -0.25) is 48.5 Å². The van der Waals surface area contributed by atoms with E-state index in [0.29, 0.717) is 101 Å². The van der Waals surface area contributed by atoms with Gasteiger partial charge in [0, 0.05) is 299 Å². The molecule has 0 unspecified atom stereocenters. The van der Waals surface area contributed by atoms with Crippen LogP contribution in [0.5, 0.6) is 0 Å². The van der Waals surface area contributed by atoms with Crippen molar-refractivity contribution in [1.29, 1.82) is 0 Å². The van der Waals surface area contributed by atoms with E-state index in [1.165, 1.54) is 50.4 Å². The first-order valence-electron chi connectivity index (χ1n) is 60.0. The van der Waals surface area contributed by atoms with Crippen molar-refractivity contribution >= 4 is 115 Å². The van der Waals surface area contributed by atoms with Crippen LogP contribution < -0.4 is 24.5 Å². The van der Waals surface area contributed by atoms with Gasteiger partial charge in [0.05, 0.1) is 28.8 Å². The highest BCUT2D eigenvalue weighted by Gasteiger charge is 2.48. The smallest absolute Gasteiger partial charge is 0.229 e. The Bertz CT molecular complexity index is 6450. The monoisotopic (exact) mass is 1890 g/mol. The molecule has 5 saturated heterocycles. The molecular formula is C105H140N10O10S5. The van der Waals surface area contributed by atoms with Crippen molar-refractivity contribution in [1.82, 2.24) is 24.5 Å². The minimum atomic E-state index is -3.01. The average molecular weight is 1900 g/mol. The lowest BCUT2D eigenvalue weighted by molar-refractivity contribution is -0.128. The molecule has 10 aromatic rings. The fourth-order valence-corrected chi connectivity index (χ4v) is 20.4. The number of thiophene rings is 5. The van der Waals surface area contributed by atoms with Crippen molar-refractivity contribution in [2.75, 3.05) is 158 Å². The number of carbonyl (C=O) groups excluding carboxylic acids is 5. The molecule has 130 heavy (non-hydrogen) atoms. The van der Waals surface area contributed by atoms with Gasteiger partial charge in [0.1, 0.15) is 28.6 Å². The minimum absolute atomic E-state index is 0.0696. The van der Waals surface area contributed by atoms with Crippen LogP contribution in [0, 0.1) is 0 Å². The number of carbonyl (C=O) groups is 5. The average Bonchev–Trinajstić information content (AvgIpc) is 1.41. The SMILES string of the molecule is [2H]C([2H])([2H])CC(=O)N(c1ccccc1)C1(OC)CCN(CCc2cccs2)CC1.[2H]C([2H])([2H])OC1(N(C(=O)C([2H])([2H])C)c2ccccc2)CCN(CCc2cccs2)CC1.[2H]c1c([2H])c([2H])c(N(C(=O)C([2H])([2H])C)C2(OC([2H])([2H])[2H])CCN(CCc3cccs3)CC2)c([2H])c1[2H].[2H]c1c([2H])c([2H])c(N(C(=O)C([2H])([2H])C)C2(OC)CCN(CCc3cccs3)CC2)c([2H])c1[2H].[2H]c1c([2H])c([2H])c(N(C(=O)CC([2H])([2H])[2H])C2(OC)CCN(CCc3cccs3)CC2)c([2H])c1[2H]. The van der Waals surface area contributed by atoms with Gasteiger partial charge < -0.3 is 48.2 Å². The van der Waals surface area contributed by atoms with E-state index in [1.807, 2.05) is 82.2 Å². The number of nitrogens with zero attached hydrogens (tertiary/aromatic N) is 10. The van der Waals surface area contributed by atoms with Gasteiger partial charge in [0.25, 0.3) is 0 Å². The fraction of sp³-hybridized carbons (Fsp3) is 0.476. The number of hydrogen-bond acceptors (Lipinski definition) is 20. The summed E-state index contributed by atoms with van der Waals surface area (Å²) in [7, 11) is -1.33. The standard InChI is InChI=1S/5C21H28N2O2S/c5*1-3-20(24)23(18-8-5-4-6-9-18)21(25-2)12-15-22(16-13-21)14-11-19-10-7-17-26-19/h5*4-10,17H,3,11-16H2,1-2H3/i2D3,3D2,4D,5D,6D,8D,9D;3D2,4D,5D,6D,8D,9D;1D3,4D,5D,6D,8D,9D;2D3,3D2;1D3. The lowest BCUT2D eigenvalue weighted by atomic mass is 9.96. The third-order valence-corrected chi connectivity index (χ3v) is 28.9. The molecule has 0 atom stereocenters. The number of rotatable bonds is 35. The van der Waals surface area contributed by atoms with Crippen LogP contribution in [-0.2, 0) is 79.8 Å². The normalized spacial score (nSPS) is 21.5. The predicted octanol–water partition coefficient (Wildman–Crippen LogP) is 20.9. The third kappa shape index (κ3) is 27.6. The Morgan fingerprint density at radius 1 is 0.308 bits per heavy atom. The van der Waals surface area contributed by atoms with E-state index in [-0.39, 0.29) is 50.1 Å². The van der Waals surface area contributed by atoms with Crippen molar-refractivity contribution in [3.8, 4) is 0 Å². The minimum Gasteiger partial charge on any atom is -0.358 e. The number of benzene rings is 5. The maximum Gasteiger partial charge on any atom is 0.229 e. The second-order valence-electron chi connectivity index (χ2n) is 31.5. The number of piperidine rings is 5. The highest BCUT2D eigenvalue weighted by molar-refractivity contribution is 7.11. The summed E-state index contributed by atoms with van der Waals surface area (Å²) >= 11 is 8.48. The maximum atomic E-state index is 13.5. The summed E-state index contributed by atoms with van der Waals surface area (Å²) in [6.45, 7) is 7.85. The van der Waals surface area contributed by atoms with E-state index >= 15 is 0 Å². The van der Waals surface area contributed by atoms with Crippen molar-refractivity contribution in [3.63, 3.8) is 0 Å². The molecule has 10 heterocycles. The van der Waals surface area contributed by atoms with Crippen LogP contribution in [0.1, 0.15) is 200 Å². The molecule has 700 valence electrons. The lowest BCUT2D eigenvalue weighted by Gasteiger charge is -2.47. The number of likely N-dealkylation sites (tertiary alicyclic amines) is 5. The van der Waals surface area contributed by atoms with Crippen LogP contribution in [-0.4, -0.2) is 216 Å². The zero-order valence-corrected chi connectivity index (χ0v) is 78.7. The molecule has 0 radical (unpaired) electrons. The lowest BCUT2D eigenvalue weighted by Crippen LogP contribution is -2.59. The molecule has 5 aromatic heterocycles. The first kappa shape index (κ1) is 65.2. The van der Waals surface area contributed by atoms with Gasteiger partial charge in [0.2, 0.25) is 29.5 Å². The van der Waals surface area contributed by atoms with Crippen molar-refractivity contribution < 1.29 is 92.9 Å². The zero-order valence-electron chi connectivity index (χ0n) is 108. The predicted molar refractivity (Wildman–Crippen MR) is 538 cm³/mol. The van der Waals surface area contributed by atoms with Gasteiger partial charge in [-0.1, -0.05) is 156 Å². The molecule has 0 spiro atoms. The molecule has 0 N–H and O–H groups in total. The Hall–Kier alpha value is -8.45. The molecule has 5 amide bonds. The van der Waals surface area contributed by atoms with E-state index in [4.69, 9.17) is 68.9 Å². The molecule has 0 bridgehead atoms. The van der Waals surface area contributed by atoms with E-state index in [9.17, 15) is 24.0 Å². The molecule has 0 aliphatic carbocycles.